The lowest BCUT2D eigenvalue weighted by Crippen LogP contribution is -2.55. The van der Waals surface area contributed by atoms with E-state index in [1.807, 2.05) is 24.3 Å². The number of benzene rings is 1. The summed E-state index contributed by atoms with van der Waals surface area (Å²) in [7, 11) is -3.50. The molecule has 29 heavy (non-hydrogen) atoms. The van der Waals surface area contributed by atoms with Crippen LogP contribution in [0.25, 0.3) is 0 Å². The van der Waals surface area contributed by atoms with Crippen LogP contribution in [0.4, 0.5) is 5.69 Å². The van der Waals surface area contributed by atoms with Gasteiger partial charge < -0.3 is 15.4 Å². The summed E-state index contributed by atoms with van der Waals surface area (Å²) in [6.45, 7) is 5.57. The van der Waals surface area contributed by atoms with Gasteiger partial charge in [0.05, 0.1) is 13.2 Å². The smallest absolute Gasteiger partial charge is 0.245 e. The molecule has 2 aliphatic heterocycles. The molecule has 1 aromatic carbocycles. The van der Waals surface area contributed by atoms with Crippen LogP contribution >= 0.6 is 24.8 Å². The molecule has 0 aromatic heterocycles. The van der Waals surface area contributed by atoms with Gasteiger partial charge >= 0.3 is 0 Å². The lowest BCUT2D eigenvalue weighted by atomic mass is 9.95. The van der Waals surface area contributed by atoms with Crippen LogP contribution < -0.4 is 10.6 Å². The van der Waals surface area contributed by atoms with Crippen molar-refractivity contribution in [3.05, 3.63) is 29.8 Å². The minimum absolute atomic E-state index is 0. The maximum atomic E-state index is 12.8. The van der Waals surface area contributed by atoms with Crippen molar-refractivity contribution in [2.45, 2.75) is 24.0 Å². The maximum Gasteiger partial charge on any atom is 0.245 e. The average Bonchev–Trinajstić information content (AvgIpc) is 2.68. The van der Waals surface area contributed by atoms with Crippen LogP contribution in [0, 0.1) is 0 Å². The van der Waals surface area contributed by atoms with Gasteiger partial charge in [-0.3, -0.25) is 9.69 Å². The van der Waals surface area contributed by atoms with E-state index in [1.165, 1.54) is 5.56 Å². The molecule has 0 bridgehead atoms. The van der Waals surface area contributed by atoms with Crippen LogP contribution in [0.2, 0.25) is 0 Å². The van der Waals surface area contributed by atoms with Gasteiger partial charge in [-0.1, -0.05) is 12.1 Å². The molecular weight excluding hydrogens is 437 g/mol. The third-order valence-corrected chi connectivity index (χ3v) is 7.58. The normalized spacial score (nSPS) is 19.5. The van der Waals surface area contributed by atoms with E-state index in [4.69, 9.17) is 4.74 Å². The van der Waals surface area contributed by atoms with E-state index >= 15 is 0 Å². The van der Waals surface area contributed by atoms with E-state index in [-0.39, 0.29) is 24.8 Å². The Morgan fingerprint density at radius 1 is 1.14 bits per heavy atom. The standard InChI is InChI=1S/C19H29N3O4S.2ClH/c1-27(24,25)19(7-9-20-10-8-19)18(23)21-17-4-2-16(3-5-17)6-11-22-12-14-26-15-13-22;;/h2-5,20H,6-15H2,1H3,(H,21,23);2*1H. The number of amides is 1. The number of ether oxygens (including phenoxy) is 1. The predicted molar refractivity (Wildman–Crippen MR) is 120 cm³/mol. The van der Waals surface area contributed by atoms with Gasteiger partial charge in [0.1, 0.15) is 0 Å². The van der Waals surface area contributed by atoms with Crippen LogP contribution in [0.3, 0.4) is 0 Å². The highest BCUT2D eigenvalue weighted by Crippen LogP contribution is 2.29. The molecule has 2 heterocycles. The summed E-state index contributed by atoms with van der Waals surface area (Å²) in [5, 5.41) is 5.94. The Kier molecular flexibility index (Phi) is 10.3. The van der Waals surface area contributed by atoms with Crippen molar-refractivity contribution < 1.29 is 17.9 Å². The molecule has 0 radical (unpaired) electrons. The first-order chi connectivity index (χ1) is 12.9. The number of hydrogen-bond donors (Lipinski definition) is 2. The zero-order chi connectivity index (χ0) is 19.3. The molecule has 1 aromatic rings. The minimum atomic E-state index is -3.50. The molecule has 2 fully saturated rings. The van der Waals surface area contributed by atoms with E-state index in [1.54, 1.807) is 0 Å². The fourth-order valence-corrected chi connectivity index (χ4v) is 5.04. The predicted octanol–water partition coefficient (Wildman–Crippen LogP) is 1.51. The average molecular weight is 468 g/mol. The number of piperidine rings is 1. The first-order valence-corrected chi connectivity index (χ1v) is 11.4. The molecule has 0 unspecified atom stereocenters. The molecule has 7 nitrogen and oxygen atoms in total. The molecule has 10 heteroatoms. The Morgan fingerprint density at radius 2 is 1.72 bits per heavy atom. The summed E-state index contributed by atoms with van der Waals surface area (Å²) < 4.78 is 28.7. The molecule has 1 amide bonds. The first kappa shape index (κ1) is 26.1. The highest BCUT2D eigenvalue weighted by Gasteiger charge is 2.48. The molecule has 2 aliphatic rings. The lowest BCUT2D eigenvalue weighted by molar-refractivity contribution is -0.119. The Balaban J connectivity index is 0.00000210. The second-order valence-corrected chi connectivity index (χ2v) is 9.70. The fourth-order valence-electron chi connectivity index (χ4n) is 3.71. The molecule has 0 aliphatic carbocycles. The summed E-state index contributed by atoms with van der Waals surface area (Å²) >= 11 is 0. The Morgan fingerprint density at radius 3 is 2.28 bits per heavy atom. The van der Waals surface area contributed by atoms with E-state index in [2.05, 4.69) is 15.5 Å². The highest BCUT2D eigenvalue weighted by atomic mass is 35.5. The molecule has 3 rings (SSSR count). The second-order valence-electron chi connectivity index (χ2n) is 7.37. The summed E-state index contributed by atoms with van der Waals surface area (Å²) in [6, 6.07) is 7.68. The zero-order valence-electron chi connectivity index (χ0n) is 16.7. The number of carbonyl (C=O) groups excluding carboxylic acids is 1. The molecule has 0 spiro atoms. The number of hydrogen-bond acceptors (Lipinski definition) is 6. The van der Waals surface area contributed by atoms with Crippen molar-refractivity contribution >= 4 is 46.2 Å². The van der Waals surface area contributed by atoms with Crippen LogP contribution in [0.1, 0.15) is 18.4 Å². The number of rotatable bonds is 6. The minimum Gasteiger partial charge on any atom is -0.379 e. The molecular formula is C19H31Cl2N3O4S. The van der Waals surface area contributed by atoms with Crippen molar-refractivity contribution in [1.82, 2.24) is 10.2 Å². The topological polar surface area (TPSA) is 87.7 Å². The second kappa shape index (κ2) is 11.5. The van der Waals surface area contributed by atoms with E-state index in [0.29, 0.717) is 31.6 Å². The molecule has 166 valence electrons. The number of halogens is 2. The van der Waals surface area contributed by atoms with Gasteiger partial charge in [0.2, 0.25) is 5.91 Å². The van der Waals surface area contributed by atoms with E-state index < -0.39 is 20.5 Å². The number of nitrogens with zero attached hydrogens (tertiary/aromatic N) is 1. The van der Waals surface area contributed by atoms with Gasteiger partial charge in [0.25, 0.3) is 0 Å². The number of morpholine rings is 1. The largest absolute Gasteiger partial charge is 0.379 e. The van der Waals surface area contributed by atoms with Gasteiger partial charge in [-0.05, 0) is 50.0 Å². The lowest BCUT2D eigenvalue weighted by Gasteiger charge is -2.34. The molecule has 2 saturated heterocycles. The Bertz CT molecular complexity index is 747. The van der Waals surface area contributed by atoms with E-state index in [9.17, 15) is 13.2 Å². The van der Waals surface area contributed by atoms with Crippen LogP contribution in [0.5, 0.6) is 0 Å². The number of nitrogens with one attached hydrogen (secondary N) is 2. The van der Waals surface area contributed by atoms with Crippen molar-refractivity contribution in [3.8, 4) is 0 Å². The quantitative estimate of drug-likeness (QED) is 0.658. The first-order valence-electron chi connectivity index (χ1n) is 9.51. The van der Waals surface area contributed by atoms with Crippen molar-refractivity contribution in [1.29, 1.82) is 0 Å². The maximum absolute atomic E-state index is 12.8. The Hall–Kier alpha value is -0.900. The zero-order valence-corrected chi connectivity index (χ0v) is 19.1. The monoisotopic (exact) mass is 467 g/mol. The van der Waals surface area contributed by atoms with Crippen LogP contribution in [-0.2, 0) is 25.8 Å². The van der Waals surface area contributed by atoms with Crippen molar-refractivity contribution in [2.24, 2.45) is 0 Å². The number of carbonyl (C=O) groups is 1. The SMILES string of the molecule is CS(=O)(=O)C1(C(=O)Nc2ccc(CCN3CCOCC3)cc2)CCNCC1.Cl.Cl. The molecule has 0 atom stereocenters. The van der Waals surface area contributed by atoms with Crippen molar-refractivity contribution in [3.63, 3.8) is 0 Å². The van der Waals surface area contributed by atoms with Gasteiger partial charge in [-0.25, -0.2) is 8.42 Å². The van der Waals surface area contributed by atoms with Crippen LogP contribution in [-0.4, -0.2) is 76.2 Å². The Labute approximate surface area is 185 Å². The van der Waals surface area contributed by atoms with Crippen LogP contribution in [0.15, 0.2) is 24.3 Å². The van der Waals surface area contributed by atoms with Gasteiger partial charge in [-0.2, -0.15) is 0 Å². The summed E-state index contributed by atoms with van der Waals surface area (Å²) in [5.74, 6) is -0.424. The summed E-state index contributed by atoms with van der Waals surface area (Å²) in [5.41, 5.74) is 1.83. The summed E-state index contributed by atoms with van der Waals surface area (Å²) in [4.78, 5) is 15.2. The number of sulfone groups is 1. The number of anilines is 1. The third kappa shape index (κ3) is 6.54. The van der Waals surface area contributed by atoms with Crippen molar-refractivity contribution in [2.75, 3.05) is 57.5 Å². The van der Waals surface area contributed by atoms with E-state index in [0.717, 1.165) is 45.5 Å². The summed E-state index contributed by atoms with van der Waals surface area (Å²) in [6.07, 6.45) is 2.70. The molecule has 0 saturated carbocycles. The fraction of sp³-hybridized carbons (Fsp3) is 0.632. The van der Waals surface area contributed by atoms with Gasteiger partial charge in [-0.15, -0.1) is 24.8 Å². The van der Waals surface area contributed by atoms with Gasteiger partial charge in [0.15, 0.2) is 14.6 Å². The molecule has 2 N–H and O–H groups in total. The van der Waals surface area contributed by atoms with Gasteiger partial charge in [0, 0.05) is 31.6 Å². The highest BCUT2D eigenvalue weighted by molar-refractivity contribution is 7.92. The third-order valence-electron chi connectivity index (χ3n) is 5.57.